The predicted molar refractivity (Wildman–Crippen MR) is 73.6 cm³/mol. The van der Waals surface area contributed by atoms with Gasteiger partial charge in [0.25, 0.3) is 0 Å². The molecule has 1 aromatic rings. The number of hydrogen-bond acceptors (Lipinski definition) is 2. The van der Waals surface area contributed by atoms with E-state index in [4.69, 9.17) is 4.74 Å². The molecule has 0 aromatic heterocycles. The second-order valence-corrected chi connectivity index (χ2v) is 5.42. The van der Waals surface area contributed by atoms with E-state index >= 15 is 0 Å². The van der Waals surface area contributed by atoms with Crippen LogP contribution >= 0.6 is 0 Å². The Morgan fingerprint density at radius 3 is 2.15 bits per heavy atom. The first-order valence-corrected chi connectivity index (χ1v) is 6.70. The molecule has 114 valence electrons. The van der Waals surface area contributed by atoms with Crippen LogP contribution in [0.2, 0.25) is 0 Å². The Morgan fingerprint density at radius 1 is 1.15 bits per heavy atom. The summed E-state index contributed by atoms with van der Waals surface area (Å²) in [4.78, 5) is 0. The van der Waals surface area contributed by atoms with Crippen LogP contribution in [0.25, 0.3) is 0 Å². The van der Waals surface area contributed by atoms with Crippen molar-refractivity contribution in [1.82, 2.24) is 5.32 Å². The summed E-state index contributed by atoms with van der Waals surface area (Å²) in [6.45, 7) is 9.06. The largest absolute Gasteiger partial charge is 0.416 e. The highest BCUT2D eigenvalue weighted by Crippen LogP contribution is 2.29. The molecule has 0 amide bonds. The number of ether oxygens (including phenoxy) is 1. The van der Waals surface area contributed by atoms with Gasteiger partial charge in [0.2, 0.25) is 0 Å². The molecule has 0 saturated heterocycles. The van der Waals surface area contributed by atoms with Gasteiger partial charge in [-0.1, -0.05) is 12.1 Å². The molecule has 0 heterocycles. The van der Waals surface area contributed by atoms with Crippen molar-refractivity contribution in [3.63, 3.8) is 0 Å². The third-order valence-electron chi connectivity index (χ3n) is 3.11. The first-order chi connectivity index (χ1) is 9.15. The van der Waals surface area contributed by atoms with Gasteiger partial charge in [-0.15, -0.1) is 0 Å². The van der Waals surface area contributed by atoms with Gasteiger partial charge in [0.1, 0.15) is 0 Å². The molecular weight excluding hydrogens is 267 g/mol. The molecule has 1 aromatic carbocycles. The van der Waals surface area contributed by atoms with Gasteiger partial charge in [0, 0.05) is 19.2 Å². The smallest absolute Gasteiger partial charge is 0.375 e. The highest BCUT2D eigenvalue weighted by Gasteiger charge is 2.30. The van der Waals surface area contributed by atoms with Crippen LogP contribution in [0.4, 0.5) is 13.2 Å². The van der Waals surface area contributed by atoms with Crippen LogP contribution in [0.5, 0.6) is 0 Å². The van der Waals surface area contributed by atoms with Crippen LogP contribution in [0, 0.1) is 0 Å². The molecule has 0 spiro atoms. The summed E-state index contributed by atoms with van der Waals surface area (Å²) in [5.74, 6) is 0. The molecule has 0 radical (unpaired) electrons. The third kappa shape index (κ3) is 5.13. The van der Waals surface area contributed by atoms with Gasteiger partial charge in [-0.05, 0) is 45.4 Å². The van der Waals surface area contributed by atoms with E-state index in [9.17, 15) is 13.2 Å². The van der Waals surface area contributed by atoms with Crippen molar-refractivity contribution in [2.24, 2.45) is 0 Å². The number of nitrogens with one attached hydrogen (secondary N) is 1. The van der Waals surface area contributed by atoms with Crippen LogP contribution in [-0.2, 0) is 10.9 Å². The van der Waals surface area contributed by atoms with Crippen LogP contribution in [-0.4, -0.2) is 18.8 Å². The maximum absolute atomic E-state index is 12.5. The van der Waals surface area contributed by atoms with Crippen molar-refractivity contribution in [3.05, 3.63) is 35.4 Å². The predicted octanol–water partition coefficient (Wildman–Crippen LogP) is 4.17. The fourth-order valence-corrected chi connectivity index (χ4v) is 1.92. The number of alkyl halides is 3. The fraction of sp³-hybridized carbons (Fsp3) is 0.600. The lowest BCUT2D eigenvalue weighted by molar-refractivity contribution is -0.137. The molecule has 2 nitrogen and oxygen atoms in total. The summed E-state index contributed by atoms with van der Waals surface area (Å²) in [5.41, 5.74) is -0.0945. The van der Waals surface area contributed by atoms with Crippen LogP contribution < -0.4 is 5.32 Å². The lowest BCUT2D eigenvalue weighted by atomic mass is 10.0. The van der Waals surface area contributed by atoms with Crippen molar-refractivity contribution in [2.75, 3.05) is 13.2 Å². The van der Waals surface area contributed by atoms with Gasteiger partial charge >= 0.3 is 6.18 Å². The summed E-state index contributed by atoms with van der Waals surface area (Å²) in [6, 6.07) is 5.21. The van der Waals surface area contributed by atoms with Gasteiger partial charge in [-0.25, -0.2) is 0 Å². The zero-order valence-electron chi connectivity index (χ0n) is 12.3. The number of halogens is 3. The van der Waals surface area contributed by atoms with Gasteiger partial charge in [-0.2, -0.15) is 13.2 Å². The maximum Gasteiger partial charge on any atom is 0.416 e. The Balaban J connectivity index is 2.62. The molecule has 1 unspecified atom stereocenters. The lowest BCUT2D eigenvalue weighted by Gasteiger charge is -2.27. The van der Waals surface area contributed by atoms with E-state index in [-0.39, 0.29) is 11.6 Å². The molecule has 0 fully saturated rings. The molecule has 5 heteroatoms. The van der Waals surface area contributed by atoms with Crippen LogP contribution in [0.1, 0.15) is 44.9 Å². The molecule has 20 heavy (non-hydrogen) atoms. The fourth-order valence-electron chi connectivity index (χ4n) is 1.92. The van der Waals surface area contributed by atoms with Crippen LogP contribution in [0.15, 0.2) is 24.3 Å². The molecule has 0 bridgehead atoms. The average molecular weight is 289 g/mol. The highest BCUT2D eigenvalue weighted by atomic mass is 19.4. The summed E-state index contributed by atoms with van der Waals surface area (Å²) in [6.07, 6.45) is -4.29. The molecule has 1 rings (SSSR count). The molecule has 0 saturated carbocycles. The first kappa shape index (κ1) is 17.0. The highest BCUT2D eigenvalue weighted by molar-refractivity contribution is 5.26. The minimum absolute atomic E-state index is 0.0305. The number of hydrogen-bond donors (Lipinski definition) is 1. The Bertz CT molecular complexity index is 412. The number of benzene rings is 1. The second kappa shape index (κ2) is 6.59. The minimum Gasteiger partial charge on any atom is -0.375 e. The van der Waals surface area contributed by atoms with E-state index in [1.807, 2.05) is 27.7 Å². The summed E-state index contributed by atoms with van der Waals surface area (Å²) < 4.78 is 43.0. The third-order valence-corrected chi connectivity index (χ3v) is 3.11. The van der Waals surface area contributed by atoms with Crippen molar-refractivity contribution < 1.29 is 17.9 Å². The van der Waals surface area contributed by atoms with Crippen molar-refractivity contribution >= 4 is 0 Å². The van der Waals surface area contributed by atoms with Gasteiger partial charge < -0.3 is 10.1 Å². The monoisotopic (exact) mass is 289 g/mol. The standard InChI is InChI=1S/C15H22F3NO/c1-5-20-14(3,4)10-19-11(2)12-6-8-13(9-7-12)15(16,17)18/h6-9,11,19H,5,10H2,1-4H3. The zero-order valence-corrected chi connectivity index (χ0v) is 12.3. The van der Waals surface area contributed by atoms with Crippen LogP contribution in [0.3, 0.4) is 0 Å². The van der Waals surface area contributed by atoms with E-state index in [1.165, 1.54) is 12.1 Å². The van der Waals surface area contributed by atoms with Gasteiger partial charge in [-0.3, -0.25) is 0 Å². The van der Waals surface area contributed by atoms with E-state index in [1.54, 1.807) is 0 Å². The second-order valence-electron chi connectivity index (χ2n) is 5.42. The Morgan fingerprint density at radius 2 is 1.70 bits per heavy atom. The van der Waals surface area contributed by atoms with Gasteiger partial charge in [0.05, 0.1) is 11.2 Å². The summed E-state index contributed by atoms with van der Waals surface area (Å²) in [5, 5.41) is 3.28. The van der Waals surface area contributed by atoms with E-state index < -0.39 is 11.7 Å². The molecule has 0 aliphatic rings. The Kier molecular flexibility index (Phi) is 5.59. The van der Waals surface area contributed by atoms with Crippen molar-refractivity contribution in [3.8, 4) is 0 Å². The van der Waals surface area contributed by atoms with E-state index in [0.29, 0.717) is 13.2 Å². The molecule has 0 aliphatic carbocycles. The summed E-state index contributed by atoms with van der Waals surface area (Å²) in [7, 11) is 0. The quantitative estimate of drug-likeness (QED) is 0.848. The zero-order chi connectivity index (χ0) is 15.4. The normalized spacial score (nSPS) is 14.3. The molecule has 0 aliphatic heterocycles. The lowest BCUT2D eigenvalue weighted by Crippen LogP contribution is -2.38. The number of rotatable bonds is 6. The van der Waals surface area contributed by atoms with E-state index in [2.05, 4.69) is 5.32 Å². The minimum atomic E-state index is -4.29. The summed E-state index contributed by atoms with van der Waals surface area (Å²) >= 11 is 0. The topological polar surface area (TPSA) is 21.3 Å². The van der Waals surface area contributed by atoms with Crippen molar-refractivity contribution in [2.45, 2.75) is 45.5 Å². The molecule has 1 N–H and O–H groups in total. The average Bonchev–Trinajstić information content (AvgIpc) is 2.35. The maximum atomic E-state index is 12.5. The van der Waals surface area contributed by atoms with E-state index in [0.717, 1.165) is 17.7 Å². The SMILES string of the molecule is CCOC(C)(C)CNC(C)c1ccc(C(F)(F)F)cc1. The molecule has 1 atom stereocenters. The Hall–Kier alpha value is -1.07. The van der Waals surface area contributed by atoms with Crippen molar-refractivity contribution in [1.29, 1.82) is 0 Å². The Labute approximate surface area is 118 Å². The molecular formula is C15H22F3NO. The first-order valence-electron chi connectivity index (χ1n) is 6.70. The van der Waals surface area contributed by atoms with Gasteiger partial charge in [0.15, 0.2) is 0 Å².